The van der Waals surface area contributed by atoms with E-state index < -0.39 is 6.04 Å². The number of amides is 2. The summed E-state index contributed by atoms with van der Waals surface area (Å²) in [5, 5.41) is 22.6. The van der Waals surface area contributed by atoms with Crippen LogP contribution in [0.4, 0.5) is 5.82 Å². The molecule has 38 heavy (non-hydrogen) atoms. The molecule has 1 atom stereocenters. The predicted octanol–water partition coefficient (Wildman–Crippen LogP) is 4.60. The van der Waals surface area contributed by atoms with Crippen LogP contribution in [-0.4, -0.2) is 32.6 Å². The maximum atomic E-state index is 13.7. The van der Waals surface area contributed by atoms with Crippen LogP contribution in [0.2, 0.25) is 5.15 Å². The average Bonchev–Trinajstić information content (AvgIpc) is 3.80. The fraction of sp³-hybridized carbons (Fsp3) is 0.464. The molecule has 5 rings (SSSR count). The highest BCUT2D eigenvalue weighted by molar-refractivity contribution is 6.32. The minimum absolute atomic E-state index is 0.0127. The van der Waals surface area contributed by atoms with Gasteiger partial charge in [0.15, 0.2) is 11.9 Å². The van der Waals surface area contributed by atoms with Gasteiger partial charge in [-0.25, -0.2) is 4.98 Å². The maximum absolute atomic E-state index is 13.7. The Morgan fingerprint density at radius 3 is 2.39 bits per heavy atom. The van der Waals surface area contributed by atoms with E-state index in [0.29, 0.717) is 40.2 Å². The number of nitrogens with zero attached hydrogens (tertiary/aromatic N) is 4. The van der Waals surface area contributed by atoms with Crippen molar-refractivity contribution in [3.8, 4) is 11.1 Å². The lowest BCUT2D eigenvalue weighted by atomic mass is 9.88. The lowest BCUT2D eigenvalue weighted by Crippen LogP contribution is -2.50. The molecule has 2 amide bonds. The zero-order valence-electron chi connectivity index (χ0n) is 22.1. The molecule has 0 aliphatic heterocycles. The molecule has 3 aromatic rings. The van der Waals surface area contributed by atoms with E-state index in [2.05, 4.69) is 20.7 Å². The number of aryl methyl sites for hydroxylation is 1. The first kappa shape index (κ1) is 26.2. The molecule has 0 bridgehead atoms. The van der Waals surface area contributed by atoms with Gasteiger partial charge in [-0.3, -0.25) is 14.3 Å². The molecule has 200 valence electrons. The number of nitrogens with one attached hydrogen (secondary N) is 2. The molecule has 2 saturated carbocycles. The standard InChI is InChI=1S/C28H33ClN6O3/c1-15(2)35-22(11-12-30-35)27(36)33-25(24(18-5-6-18)19-7-8-19)28(37)32-23-10-9-20(26(29)31-23)21-13-16(3)14-34(38)17(21)4/h9-15,18-19,24-25H,5-8H2,1-4H3,(H,33,36)(H,31,32,37)/t25-/m0/s1. The van der Waals surface area contributed by atoms with E-state index in [0.717, 1.165) is 36.0 Å². The molecular weight excluding hydrogens is 504 g/mol. The van der Waals surface area contributed by atoms with Crippen molar-refractivity contribution in [2.75, 3.05) is 5.32 Å². The Bertz CT molecular complexity index is 1370. The number of anilines is 1. The second-order valence-corrected chi connectivity index (χ2v) is 11.2. The van der Waals surface area contributed by atoms with E-state index in [-0.39, 0.29) is 28.9 Å². The molecular formula is C28H33ClN6O3. The topological polar surface area (TPSA) is 116 Å². The summed E-state index contributed by atoms with van der Waals surface area (Å²) in [5.41, 5.74) is 3.03. The number of pyridine rings is 2. The van der Waals surface area contributed by atoms with Crippen molar-refractivity contribution in [3.63, 3.8) is 0 Å². The third-order valence-electron chi connectivity index (χ3n) is 7.48. The van der Waals surface area contributed by atoms with Gasteiger partial charge in [0.25, 0.3) is 5.91 Å². The van der Waals surface area contributed by atoms with Crippen LogP contribution in [0.25, 0.3) is 11.1 Å². The summed E-state index contributed by atoms with van der Waals surface area (Å²) in [4.78, 5) is 31.4. The Balaban J connectivity index is 1.40. The first-order valence-corrected chi connectivity index (χ1v) is 13.5. The smallest absolute Gasteiger partial charge is 0.270 e. The number of carbonyl (C=O) groups is 2. The highest BCUT2D eigenvalue weighted by Crippen LogP contribution is 2.51. The normalized spacial score (nSPS) is 16.1. The Morgan fingerprint density at radius 1 is 1.11 bits per heavy atom. The Kier molecular flexibility index (Phi) is 7.13. The number of halogens is 1. The largest absolute Gasteiger partial charge is 0.618 e. The molecule has 0 aromatic carbocycles. The van der Waals surface area contributed by atoms with Gasteiger partial charge >= 0.3 is 0 Å². The van der Waals surface area contributed by atoms with E-state index in [1.807, 2.05) is 26.8 Å². The summed E-state index contributed by atoms with van der Waals surface area (Å²) in [6.45, 7) is 7.48. The van der Waals surface area contributed by atoms with Gasteiger partial charge in [0.05, 0.1) is 5.56 Å². The minimum Gasteiger partial charge on any atom is -0.618 e. The summed E-state index contributed by atoms with van der Waals surface area (Å²) in [6.07, 6.45) is 7.38. The fourth-order valence-electron chi connectivity index (χ4n) is 5.30. The van der Waals surface area contributed by atoms with Crippen molar-refractivity contribution in [3.05, 3.63) is 64.0 Å². The van der Waals surface area contributed by atoms with Crippen LogP contribution in [0.3, 0.4) is 0 Å². The summed E-state index contributed by atoms with van der Waals surface area (Å²) in [5.74, 6) is 0.599. The molecule has 0 spiro atoms. The monoisotopic (exact) mass is 536 g/mol. The van der Waals surface area contributed by atoms with Gasteiger partial charge in [0.2, 0.25) is 5.91 Å². The third kappa shape index (κ3) is 5.38. The summed E-state index contributed by atoms with van der Waals surface area (Å²) >= 11 is 6.53. The van der Waals surface area contributed by atoms with Crippen molar-refractivity contribution < 1.29 is 14.3 Å². The number of rotatable bonds is 9. The highest BCUT2D eigenvalue weighted by atomic mass is 35.5. The molecule has 3 heterocycles. The van der Waals surface area contributed by atoms with E-state index >= 15 is 0 Å². The van der Waals surface area contributed by atoms with Crippen LogP contribution in [0.15, 0.2) is 36.7 Å². The second kappa shape index (κ2) is 10.4. The summed E-state index contributed by atoms with van der Waals surface area (Å²) in [7, 11) is 0. The Labute approximate surface area is 227 Å². The minimum atomic E-state index is -0.697. The highest BCUT2D eigenvalue weighted by Gasteiger charge is 2.48. The molecule has 0 unspecified atom stereocenters. The van der Waals surface area contributed by atoms with Crippen molar-refractivity contribution in [1.29, 1.82) is 0 Å². The molecule has 9 nitrogen and oxygen atoms in total. The van der Waals surface area contributed by atoms with Crippen molar-refractivity contribution in [1.82, 2.24) is 20.1 Å². The maximum Gasteiger partial charge on any atom is 0.270 e. The second-order valence-electron chi connectivity index (χ2n) is 10.8. The zero-order chi connectivity index (χ0) is 27.1. The lowest BCUT2D eigenvalue weighted by molar-refractivity contribution is -0.612. The van der Waals surface area contributed by atoms with Crippen LogP contribution in [0, 0.1) is 36.8 Å². The van der Waals surface area contributed by atoms with Crippen molar-refractivity contribution in [2.24, 2.45) is 17.8 Å². The van der Waals surface area contributed by atoms with E-state index in [1.165, 1.54) is 6.20 Å². The molecule has 0 saturated heterocycles. The molecule has 2 aliphatic rings. The third-order valence-corrected chi connectivity index (χ3v) is 7.77. The van der Waals surface area contributed by atoms with Gasteiger partial charge in [-0.2, -0.15) is 9.83 Å². The fourth-order valence-corrected chi connectivity index (χ4v) is 5.56. The number of hydrogen-bond acceptors (Lipinski definition) is 5. The number of aromatic nitrogens is 4. The number of carbonyl (C=O) groups excluding carboxylic acids is 2. The average molecular weight is 537 g/mol. The van der Waals surface area contributed by atoms with Crippen LogP contribution >= 0.6 is 11.6 Å². The van der Waals surface area contributed by atoms with E-state index in [4.69, 9.17) is 11.6 Å². The van der Waals surface area contributed by atoms with Gasteiger partial charge < -0.3 is 15.8 Å². The van der Waals surface area contributed by atoms with Crippen molar-refractivity contribution >= 4 is 29.2 Å². The predicted molar refractivity (Wildman–Crippen MR) is 145 cm³/mol. The first-order chi connectivity index (χ1) is 18.1. The SMILES string of the molecule is Cc1cc(-c2ccc(NC(=O)[C@@H](NC(=O)c3ccnn3C(C)C)C(C3CC3)C3CC3)nc2Cl)c(C)[n+]([O-])c1. The Morgan fingerprint density at radius 2 is 1.79 bits per heavy atom. The molecule has 2 aliphatic carbocycles. The molecule has 2 fully saturated rings. The summed E-state index contributed by atoms with van der Waals surface area (Å²) < 4.78 is 2.47. The van der Waals surface area contributed by atoms with Gasteiger partial charge in [0.1, 0.15) is 22.7 Å². The van der Waals surface area contributed by atoms with Crippen molar-refractivity contribution in [2.45, 2.75) is 65.5 Å². The lowest BCUT2D eigenvalue weighted by Gasteiger charge is -2.27. The molecule has 10 heteroatoms. The number of hydrogen-bond donors (Lipinski definition) is 2. The molecule has 3 aromatic heterocycles. The molecule has 0 radical (unpaired) electrons. The van der Waals surface area contributed by atoms with Crippen LogP contribution in [0.1, 0.15) is 67.3 Å². The van der Waals surface area contributed by atoms with Gasteiger partial charge in [-0.15, -0.1) is 0 Å². The first-order valence-electron chi connectivity index (χ1n) is 13.2. The quantitative estimate of drug-likeness (QED) is 0.235. The Hall–Kier alpha value is -3.46. The van der Waals surface area contributed by atoms with Crippen LogP contribution in [-0.2, 0) is 4.79 Å². The zero-order valence-corrected chi connectivity index (χ0v) is 22.8. The summed E-state index contributed by atoms with van der Waals surface area (Å²) in [6, 6.07) is 6.29. The molecule has 2 N–H and O–H groups in total. The van der Waals surface area contributed by atoms with E-state index in [1.54, 1.807) is 36.0 Å². The van der Waals surface area contributed by atoms with Crippen LogP contribution < -0.4 is 15.4 Å². The van der Waals surface area contributed by atoms with Gasteiger partial charge in [-0.05, 0) is 88.5 Å². The van der Waals surface area contributed by atoms with E-state index in [9.17, 15) is 14.8 Å². The van der Waals surface area contributed by atoms with Gasteiger partial charge in [0, 0.05) is 30.3 Å². The van der Waals surface area contributed by atoms with Crippen LogP contribution in [0.5, 0.6) is 0 Å². The van der Waals surface area contributed by atoms with Gasteiger partial charge in [-0.1, -0.05) is 11.6 Å².